The van der Waals surface area contributed by atoms with E-state index >= 15 is 0 Å². The van der Waals surface area contributed by atoms with E-state index in [0.717, 1.165) is 22.3 Å². The first kappa shape index (κ1) is 22.6. The second-order valence-corrected chi connectivity index (χ2v) is 9.31. The van der Waals surface area contributed by atoms with E-state index in [-0.39, 0.29) is 0 Å². The average Bonchev–Trinajstić information content (AvgIpc) is 2.98. The molecular weight excluding hydrogens is 448 g/mol. The molecule has 0 N–H and O–H groups in total. The second-order valence-electron chi connectivity index (χ2n) is 9.31. The SMILES string of the molecule is Cc1cccc(-c2cc(-c3cccc(-c4cccnc4)c3)cc(-c3cccc(-c4cccnc4)c3)c2)c1. The molecule has 6 rings (SSSR count). The lowest BCUT2D eigenvalue weighted by atomic mass is 9.91. The van der Waals surface area contributed by atoms with Gasteiger partial charge >= 0.3 is 0 Å². The van der Waals surface area contributed by atoms with Gasteiger partial charge in [0.25, 0.3) is 0 Å². The van der Waals surface area contributed by atoms with Crippen LogP contribution in [-0.4, -0.2) is 9.97 Å². The summed E-state index contributed by atoms with van der Waals surface area (Å²) in [4.78, 5) is 8.62. The Kier molecular flexibility index (Phi) is 6.14. The Hall–Kier alpha value is -4.82. The van der Waals surface area contributed by atoms with E-state index in [0.29, 0.717) is 0 Å². The highest BCUT2D eigenvalue weighted by Gasteiger charge is 2.10. The molecule has 0 amide bonds. The first-order valence-corrected chi connectivity index (χ1v) is 12.5. The normalized spacial score (nSPS) is 10.8. The number of nitrogens with zero attached hydrogens (tertiary/aromatic N) is 2. The summed E-state index contributed by atoms with van der Waals surface area (Å²) in [6.45, 7) is 2.14. The van der Waals surface area contributed by atoms with Gasteiger partial charge in [-0.05, 0) is 93.9 Å². The smallest absolute Gasteiger partial charge is 0.0346 e. The molecule has 6 aromatic rings. The summed E-state index contributed by atoms with van der Waals surface area (Å²) in [6.07, 6.45) is 7.45. The Labute approximate surface area is 218 Å². The van der Waals surface area contributed by atoms with Crippen LogP contribution < -0.4 is 0 Å². The monoisotopic (exact) mass is 474 g/mol. The minimum absolute atomic E-state index is 1.11. The van der Waals surface area contributed by atoms with Gasteiger partial charge in [-0.2, -0.15) is 0 Å². The lowest BCUT2D eigenvalue weighted by Gasteiger charge is -2.13. The van der Waals surface area contributed by atoms with Crippen molar-refractivity contribution in [2.24, 2.45) is 0 Å². The van der Waals surface area contributed by atoms with E-state index in [1.54, 1.807) is 0 Å². The minimum Gasteiger partial charge on any atom is -0.264 e. The van der Waals surface area contributed by atoms with Crippen molar-refractivity contribution in [3.63, 3.8) is 0 Å². The van der Waals surface area contributed by atoms with Crippen LogP contribution in [0.4, 0.5) is 0 Å². The van der Waals surface area contributed by atoms with E-state index in [4.69, 9.17) is 0 Å². The Balaban J connectivity index is 1.51. The molecule has 0 bridgehead atoms. The van der Waals surface area contributed by atoms with Gasteiger partial charge in [0.1, 0.15) is 0 Å². The molecule has 0 atom stereocenters. The van der Waals surface area contributed by atoms with Crippen molar-refractivity contribution < 1.29 is 0 Å². The summed E-state index contributed by atoms with van der Waals surface area (Å²) in [6, 6.07) is 41.2. The molecule has 0 aliphatic rings. The number of hydrogen-bond acceptors (Lipinski definition) is 2. The summed E-state index contributed by atoms with van der Waals surface area (Å²) in [5.41, 5.74) is 13.0. The molecule has 4 aromatic carbocycles. The molecule has 0 fully saturated rings. The van der Waals surface area contributed by atoms with Crippen molar-refractivity contribution in [1.29, 1.82) is 0 Å². The van der Waals surface area contributed by atoms with E-state index < -0.39 is 0 Å². The zero-order valence-corrected chi connectivity index (χ0v) is 20.7. The second kappa shape index (κ2) is 10.0. The molecule has 0 saturated carbocycles. The number of rotatable bonds is 5. The van der Waals surface area contributed by atoms with Crippen molar-refractivity contribution in [2.75, 3.05) is 0 Å². The number of benzene rings is 4. The first-order chi connectivity index (χ1) is 18.2. The third-order valence-electron chi connectivity index (χ3n) is 6.67. The van der Waals surface area contributed by atoms with Crippen LogP contribution in [0.3, 0.4) is 0 Å². The first-order valence-electron chi connectivity index (χ1n) is 12.5. The molecule has 2 nitrogen and oxygen atoms in total. The van der Waals surface area contributed by atoms with Gasteiger partial charge in [-0.25, -0.2) is 0 Å². The lowest BCUT2D eigenvalue weighted by Crippen LogP contribution is -1.88. The molecule has 0 aliphatic heterocycles. The van der Waals surface area contributed by atoms with Crippen molar-refractivity contribution in [3.8, 4) is 55.6 Å². The molecule has 0 aliphatic carbocycles. The molecule has 0 radical (unpaired) electrons. The molecule has 2 aromatic heterocycles. The minimum atomic E-state index is 1.11. The van der Waals surface area contributed by atoms with Crippen LogP contribution in [-0.2, 0) is 0 Å². The van der Waals surface area contributed by atoms with Crippen LogP contribution in [0.15, 0.2) is 140 Å². The van der Waals surface area contributed by atoms with Crippen LogP contribution in [0.25, 0.3) is 55.6 Å². The van der Waals surface area contributed by atoms with Crippen molar-refractivity contribution in [1.82, 2.24) is 9.97 Å². The summed E-state index contributed by atoms with van der Waals surface area (Å²) in [5.74, 6) is 0. The van der Waals surface area contributed by atoms with Gasteiger partial charge in [0.2, 0.25) is 0 Å². The van der Waals surface area contributed by atoms with Crippen LogP contribution in [0.5, 0.6) is 0 Å². The molecule has 0 spiro atoms. The third kappa shape index (κ3) is 4.96. The van der Waals surface area contributed by atoms with E-state index in [1.165, 1.54) is 38.9 Å². The van der Waals surface area contributed by atoms with Gasteiger partial charge in [0, 0.05) is 35.9 Å². The molecular formula is C35H26N2. The average molecular weight is 475 g/mol. The van der Waals surface area contributed by atoms with Crippen LogP contribution in [0.1, 0.15) is 5.56 Å². The van der Waals surface area contributed by atoms with E-state index in [2.05, 4.69) is 120 Å². The zero-order valence-electron chi connectivity index (χ0n) is 20.7. The van der Waals surface area contributed by atoms with E-state index in [9.17, 15) is 0 Å². The third-order valence-corrected chi connectivity index (χ3v) is 6.67. The number of aromatic nitrogens is 2. The maximum atomic E-state index is 4.31. The largest absolute Gasteiger partial charge is 0.264 e. The zero-order chi connectivity index (χ0) is 25.0. The van der Waals surface area contributed by atoms with Crippen molar-refractivity contribution in [2.45, 2.75) is 6.92 Å². The Morgan fingerprint density at radius 3 is 1.11 bits per heavy atom. The fourth-order valence-corrected chi connectivity index (χ4v) is 4.78. The summed E-state index contributed by atoms with van der Waals surface area (Å²) < 4.78 is 0. The Bertz CT molecular complexity index is 1570. The maximum Gasteiger partial charge on any atom is 0.0346 e. The van der Waals surface area contributed by atoms with Gasteiger partial charge < -0.3 is 0 Å². The van der Waals surface area contributed by atoms with Crippen molar-refractivity contribution in [3.05, 3.63) is 146 Å². The van der Waals surface area contributed by atoms with Gasteiger partial charge in [-0.1, -0.05) is 78.4 Å². The predicted molar refractivity (Wildman–Crippen MR) is 154 cm³/mol. The van der Waals surface area contributed by atoms with Crippen molar-refractivity contribution >= 4 is 0 Å². The van der Waals surface area contributed by atoms with Gasteiger partial charge in [0.05, 0.1) is 0 Å². The molecule has 37 heavy (non-hydrogen) atoms. The van der Waals surface area contributed by atoms with Gasteiger partial charge in [-0.3, -0.25) is 9.97 Å². The fraction of sp³-hybridized carbons (Fsp3) is 0.0286. The van der Waals surface area contributed by atoms with Crippen LogP contribution in [0.2, 0.25) is 0 Å². The summed E-state index contributed by atoms with van der Waals surface area (Å²) >= 11 is 0. The number of pyridine rings is 2. The molecule has 2 heterocycles. The van der Waals surface area contributed by atoms with E-state index in [1.807, 2.05) is 36.9 Å². The van der Waals surface area contributed by atoms with Crippen LogP contribution in [0, 0.1) is 6.92 Å². The Morgan fingerprint density at radius 1 is 0.351 bits per heavy atom. The van der Waals surface area contributed by atoms with Crippen LogP contribution >= 0.6 is 0 Å². The highest BCUT2D eigenvalue weighted by atomic mass is 14.6. The summed E-state index contributed by atoms with van der Waals surface area (Å²) in [5, 5.41) is 0. The number of hydrogen-bond donors (Lipinski definition) is 0. The van der Waals surface area contributed by atoms with Gasteiger partial charge in [0.15, 0.2) is 0 Å². The molecule has 0 saturated heterocycles. The fourth-order valence-electron chi connectivity index (χ4n) is 4.78. The topological polar surface area (TPSA) is 25.8 Å². The lowest BCUT2D eigenvalue weighted by molar-refractivity contribution is 1.33. The maximum absolute atomic E-state index is 4.31. The molecule has 2 heteroatoms. The number of aryl methyl sites for hydroxylation is 1. The highest BCUT2D eigenvalue weighted by Crippen LogP contribution is 2.35. The highest BCUT2D eigenvalue weighted by molar-refractivity contribution is 5.84. The van der Waals surface area contributed by atoms with Gasteiger partial charge in [-0.15, -0.1) is 0 Å². The molecule has 176 valence electrons. The summed E-state index contributed by atoms with van der Waals surface area (Å²) in [7, 11) is 0. The predicted octanol–water partition coefficient (Wildman–Crippen LogP) is 9.12. The molecule has 0 unspecified atom stereocenters. The standard InChI is InChI=1S/C35H26N2/c1-25-7-2-8-26(17-25)33-20-34(29-11-3-9-27(18-29)31-13-5-15-36-23-31)22-35(21-33)30-12-4-10-28(19-30)32-14-6-16-37-24-32/h2-24H,1H3. The quantitative estimate of drug-likeness (QED) is 0.249. The Morgan fingerprint density at radius 2 is 0.703 bits per heavy atom.